The van der Waals surface area contributed by atoms with Gasteiger partial charge in [-0.25, -0.2) is 9.78 Å². The highest BCUT2D eigenvalue weighted by molar-refractivity contribution is 7.13. The van der Waals surface area contributed by atoms with E-state index in [-0.39, 0.29) is 18.1 Å². The number of aromatic nitrogens is 3. The van der Waals surface area contributed by atoms with E-state index in [4.69, 9.17) is 10.7 Å². The van der Waals surface area contributed by atoms with Crippen molar-refractivity contribution in [2.24, 2.45) is 0 Å². The zero-order valence-corrected chi connectivity index (χ0v) is 20.3. The Morgan fingerprint density at radius 3 is 2.11 bits per heavy atom. The van der Waals surface area contributed by atoms with E-state index in [0.717, 1.165) is 27.4 Å². The molecule has 180 valence electrons. The number of nitrogens with zero attached hydrogens (tertiary/aromatic N) is 3. The van der Waals surface area contributed by atoms with Gasteiger partial charge in [0.25, 0.3) is 5.56 Å². The van der Waals surface area contributed by atoms with Crippen LogP contribution in [0.25, 0.3) is 10.6 Å². The van der Waals surface area contributed by atoms with Crippen molar-refractivity contribution in [1.82, 2.24) is 14.5 Å². The van der Waals surface area contributed by atoms with Crippen LogP contribution in [0.1, 0.15) is 16.8 Å². The summed E-state index contributed by atoms with van der Waals surface area (Å²) >= 11 is 1.55. The van der Waals surface area contributed by atoms with E-state index in [9.17, 15) is 9.59 Å². The lowest BCUT2D eigenvalue weighted by Gasteiger charge is -2.26. The maximum Gasteiger partial charge on any atom is 0.330 e. The van der Waals surface area contributed by atoms with Crippen LogP contribution in [0.5, 0.6) is 0 Å². The second-order valence-electron chi connectivity index (χ2n) is 8.42. The number of H-pyrrole nitrogens is 1. The van der Waals surface area contributed by atoms with Crippen molar-refractivity contribution in [3.05, 3.63) is 134 Å². The number of aromatic amines is 1. The Morgan fingerprint density at radius 2 is 1.44 bits per heavy atom. The number of thiazole rings is 1. The average Bonchev–Trinajstić information content (AvgIpc) is 3.37. The number of nitrogens with two attached hydrogens (primary N) is 1. The first-order valence-corrected chi connectivity index (χ1v) is 12.4. The van der Waals surface area contributed by atoms with E-state index in [1.165, 1.54) is 4.57 Å². The van der Waals surface area contributed by atoms with Crippen LogP contribution in [0.4, 0.5) is 11.5 Å². The molecule has 0 unspecified atom stereocenters. The molecule has 0 saturated heterocycles. The van der Waals surface area contributed by atoms with Gasteiger partial charge in [0.2, 0.25) is 0 Å². The fourth-order valence-electron chi connectivity index (χ4n) is 4.11. The standard InChI is InChI=1S/C28H25N5O2S/c29-25-24(26(34)31-28(35)33(25)17-21-12-6-2-7-13-21)32(16-20-10-4-1-5-11-20)18-23-19-36-27(30-23)22-14-8-3-9-15-22/h1-15,19H,16-18,29H2,(H,31,34,35). The van der Waals surface area contributed by atoms with Gasteiger partial charge >= 0.3 is 5.69 Å². The highest BCUT2D eigenvalue weighted by Gasteiger charge is 2.21. The zero-order chi connectivity index (χ0) is 24.9. The van der Waals surface area contributed by atoms with Gasteiger partial charge in [0.15, 0.2) is 0 Å². The molecule has 36 heavy (non-hydrogen) atoms. The van der Waals surface area contributed by atoms with Crippen molar-refractivity contribution < 1.29 is 0 Å². The molecule has 0 saturated carbocycles. The minimum absolute atomic E-state index is 0.127. The summed E-state index contributed by atoms with van der Waals surface area (Å²) in [5.74, 6) is 0.127. The maximum atomic E-state index is 13.1. The Bertz CT molecular complexity index is 1560. The summed E-state index contributed by atoms with van der Waals surface area (Å²) in [6, 6.07) is 29.4. The number of anilines is 2. The Hall–Kier alpha value is -4.43. The summed E-state index contributed by atoms with van der Waals surface area (Å²) in [5, 5.41) is 2.89. The average molecular weight is 496 g/mol. The van der Waals surface area contributed by atoms with Crippen molar-refractivity contribution in [3.8, 4) is 10.6 Å². The molecule has 2 aromatic heterocycles. The van der Waals surface area contributed by atoms with Crippen LogP contribution in [0.2, 0.25) is 0 Å². The lowest BCUT2D eigenvalue weighted by atomic mass is 10.2. The topological polar surface area (TPSA) is 97.0 Å². The van der Waals surface area contributed by atoms with Gasteiger partial charge < -0.3 is 10.6 Å². The molecule has 0 aliphatic carbocycles. The minimum Gasteiger partial charge on any atom is -0.383 e. The van der Waals surface area contributed by atoms with Gasteiger partial charge in [-0.05, 0) is 11.1 Å². The first kappa shape index (κ1) is 23.3. The quantitative estimate of drug-likeness (QED) is 0.330. The second-order valence-corrected chi connectivity index (χ2v) is 9.27. The van der Waals surface area contributed by atoms with Gasteiger partial charge in [-0.1, -0.05) is 91.0 Å². The van der Waals surface area contributed by atoms with Gasteiger partial charge in [-0.3, -0.25) is 14.3 Å². The molecule has 0 spiro atoms. The largest absolute Gasteiger partial charge is 0.383 e. The Labute approximate surface area is 212 Å². The van der Waals surface area contributed by atoms with Gasteiger partial charge in [0, 0.05) is 17.5 Å². The normalized spacial score (nSPS) is 10.9. The first-order valence-electron chi connectivity index (χ1n) is 11.5. The van der Waals surface area contributed by atoms with E-state index < -0.39 is 11.2 Å². The van der Waals surface area contributed by atoms with E-state index in [2.05, 4.69) is 4.98 Å². The number of benzene rings is 3. The fraction of sp³-hybridized carbons (Fsp3) is 0.107. The van der Waals surface area contributed by atoms with Crippen molar-refractivity contribution in [2.75, 3.05) is 10.6 Å². The van der Waals surface area contributed by atoms with Crippen LogP contribution >= 0.6 is 11.3 Å². The molecule has 0 bridgehead atoms. The van der Waals surface area contributed by atoms with E-state index in [1.807, 2.05) is 101 Å². The lowest BCUT2D eigenvalue weighted by Crippen LogP contribution is -2.38. The number of nitrogens with one attached hydrogen (secondary N) is 1. The molecular weight excluding hydrogens is 470 g/mol. The SMILES string of the molecule is Nc1c(N(Cc2ccccc2)Cc2csc(-c3ccccc3)n2)c(=O)[nH]c(=O)n1Cc1ccccc1. The molecule has 2 heterocycles. The molecule has 7 nitrogen and oxygen atoms in total. The predicted octanol–water partition coefficient (Wildman–Crippen LogP) is 4.50. The molecule has 0 aliphatic heterocycles. The Kier molecular flexibility index (Phi) is 6.77. The van der Waals surface area contributed by atoms with Gasteiger partial charge in [-0.15, -0.1) is 11.3 Å². The third-order valence-corrected chi connectivity index (χ3v) is 6.80. The monoisotopic (exact) mass is 495 g/mol. The minimum atomic E-state index is -0.537. The molecule has 0 fully saturated rings. The molecule has 3 aromatic carbocycles. The van der Waals surface area contributed by atoms with Crippen LogP contribution in [0.15, 0.2) is 106 Å². The van der Waals surface area contributed by atoms with Crippen molar-refractivity contribution in [3.63, 3.8) is 0 Å². The third kappa shape index (κ3) is 5.13. The summed E-state index contributed by atoms with van der Waals surface area (Å²) < 4.78 is 1.40. The molecule has 5 rings (SSSR count). The van der Waals surface area contributed by atoms with Gasteiger partial charge in [0.05, 0.1) is 18.8 Å². The van der Waals surface area contributed by atoms with Crippen LogP contribution < -0.4 is 21.9 Å². The van der Waals surface area contributed by atoms with Crippen molar-refractivity contribution in [2.45, 2.75) is 19.6 Å². The summed E-state index contributed by atoms with van der Waals surface area (Å²) in [4.78, 5) is 35.0. The molecular formula is C28H25N5O2S. The van der Waals surface area contributed by atoms with E-state index in [1.54, 1.807) is 11.3 Å². The van der Waals surface area contributed by atoms with E-state index in [0.29, 0.717) is 13.1 Å². The third-order valence-electron chi connectivity index (χ3n) is 5.86. The molecule has 8 heteroatoms. The van der Waals surface area contributed by atoms with E-state index >= 15 is 0 Å². The molecule has 5 aromatic rings. The fourth-order valence-corrected chi connectivity index (χ4v) is 4.93. The maximum absolute atomic E-state index is 13.1. The molecule has 0 atom stereocenters. The smallest absolute Gasteiger partial charge is 0.330 e. The zero-order valence-electron chi connectivity index (χ0n) is 19.5. The summed E-state index contributed by atoms with van der Waals surface area (Å²) in [6.45, 7) is 1.04. The van der Waals surface area contributed by atoms with Crippen LogP contribution in [-0.4, -0.2) is 14.5 Å². The lowest BCUT2D eigenvalue weighted by molar-refractivity contribution is 0.710. The van der Waals surface area contributed by atoms with Crippen molar-refractivity contribution in [1.29, 1.82) is 0 Å². The summed E-state index contributed by atoms with van der Waals surface area (Å²) in [7, 11) is 0. The molecule has 0 amide bonds. The Balaban J connectivity index is 1.54. The summed E-state index contributed by atoms with van der Waals surface area (Å²) in [5.41, 5.74) is 9.49. The number of rotatable bonds is 8. The molecule has 0 aliphatic rings. The number of hydrogen-bond acceptors (Lipinski definition) is 6. The summed E-state index contributed by atoms with van der Waals surface area (Å²) in [6.07, 6.45) is 0. The molecule has 0 radical (unpaired) electrons. The van der Waals surface area contributed by atoms with Crippen LogP contribution in [0.3, 0.4) is 0 Å². The van der Waals surface area contributed by atoms with Gasteiger partial charge in [0.1, 0.15) is 16.5 Å². The van der Waals surface area contributed by atoms with Gasteiger partial charge in [-0.2, -0.15) is 0 Å². The highest BCUT2D eigenvalue weighted by atomic mass is 32.1. The number of nitrogen functional groups attached to an aromatic ring is 1. The second kappa shape index (κ2) is 10.5. The van der Waals surface area contributed by atoms with Crippen molar-refractivity contribution >= 4 is 22.8 Å². The highest BCUT2D eigenvalue weighted by Crippen LogP contribution is 2.27. The predicted molar refractivity (Wildman–Crippen MR) is 145 cm³/mol. The van der Waals surface area contributed by atoms with Crippen LogP contribution in [-0.2, 0) is 19.6 Å². The Morgan fingerprint density at radius 1 is 0.833 bits per heavy atom. The molecule has 3 N–H and O–H groups in total. The first-order chi connectivity index (χ1) is 17.6. The van der Waals surface area contributed by atoms with Crippen LogP contribution in [0, 0.1) is 0 Å². The number of hydrogen-bond donors (Lipinski definition) is 2.